The highest BCUT2D eigenvalue weighted by atomic mass is 35.5. The first-order valence-electron chi connectivity index (χ1n) is 2.75. The molecule has 0 saturated heterocycles. The summed E-state index contributed by atoms with van der Waals surface area (Å²) in [6.07, 6.45) is 4.16. The van der Waals surface area contributed by atoms with Crippen LogP contribution in [0.5, 0.6) is 0 Å². The number of hydrogen-bond donors (Lipinski definition) is 0. The Balaban J connectivity index is 2.78. The molecule has 0 amide bonds. The van der Waals surface area contributed by atoms with E-state index in [1.807, 2.05) is 6.08 Å². The molecule has 0 radical (unpaired) electrons. The van der Waals surface area contributed by atoms with E-state index < -0.39 is 0 Å². The van der Waals surface area contributed by atoms with Gasteiger partial charge < -0.3 is 0 Å². The van der Waals surface area contributed by atoms with Crippen molar-refractivity contribution in [2.24, 2.45) is 5.92 Å². The zero-order valence-electron chi connectivity index (χ0n) is 5.11. The molecule has 1 aliphatic carbocycles. The summed E-state index contributed by atoms with van der Waals surface area (Å²) >= 11 is 5.77. The maximum absolute atomic E-state index is 5.77. The smallest absolute Gasteiger partial charge is 0.0249 e. The van der Waals surface area contributed by atoms with Gasteiger partial charge in [0, 0.05) is 11.0 Å². The van der Waals surface area contributed by atoms with Crippen LogP contribution in [0.25, 0.3) is 0 Å². The van der Waals surface area contributed by atoms with Crippen molar-refractivity contribution in [2.75, 3.05) is 0 Å². The molecule has 0 aliphatic heterocycles. The molecule has 1 aliphatic rings. The molecule has 0 aromatic carbocycles. The fourth-order valence-corrected chi connectivity index (χ4v) is 1.11. The van der Waals surface area contributed by atoms with Crippen LogP contribution in [0.3, 0.4) is 0 Å². The lowest BCUT2D eigenvalue weighted by atomic mass is 10.2. The molecule has 0 aromatic rings. The van der Waals surface area contributed by atoms with Gasteiger partial charge in [0.05, 0.1) is 0 Å². The van der Waals surface area contributed by atoms with Crippen molar-refractivity contribution in [3.8, 4) is 0 Å². The van der Waals surface area contributed by atoms with E-state index >= 15 is 0 Å². The summed E-state index contributed by atoms with van der Waals surface area (Å²) in [4.78, 5) is 0. The summed E-state index contributed by atoms with van der Waals surface area (Å²) in [6, 6.07) is 0. The predicted octanol–water partition coefficient (Wildman–Crippen LogP) is 2.71. The van der Waals surface area contributed by atoms with Gasteiger partial charge in [-0.3, -0.25) is 0 Å². The molecule has 0 fully saturated rings. The molecule has 44 valence electrons. The Bertz CT molecular complexity index is 154. The number of halogens is 1. The summed E-state index contributed by atoms with van der Waals surface area (Å²) in [5.41, 5.74) is 1.28. The molecule has 1 atom stereocenters. The van der Waals surface area contributed by atoms with Crippen LogP contribution in [0.1, 0.15) is 13.8 Å². The summed E-state index contributed by atoms with van der Waals surface area (Å²) in [5, 5.41) is 0.961. The van der Waals surface area contributed by atoms with Crippen molar-refractivity contribution in [1.82, 2.24) is 0 Å². The molecule has 0 saturated carbocycles. The average Bonchev–Trinajstić information content (AvgIpc) is 1.85. The molecule has 0 bridgehead atoms. The van der Waals surface area contributed by atoms with Gasteiger partial charge in [0.1, 0.15) is 0 Å². The minimum atomic E-state index is 0.455. The Kier molecular flexibility index (Phi) is 1.43. The largest absolute Gasteiger partial charge is 0.0885 e. The maximum Gasteiger partial charge on any atom is 0.0249 e. The molecule has 1 rings (SSSR count). The Morgan fingerprint density at radius 2 is 2.25 bits per heavy atom. The van der Waals surface area contributed by atoms with Crippen molar-refractivity contribution in [3.05, 3.63) is 22.8 Å². The van der Waals surface area contributed by atoms with Gasteiger partial charge in [-0.2, -0.15) is 0 Å². The van der Waals surface area contributed by atoms with Gasteiger partial charge in [0.25, 0.3) is 0 Å². The molecule has 0 heterocycles. The zero-order valence-corrected chi connectivity index (χ0v) is 5.87. The van der Waals surface area contributed by atoms with Crippen molar-refractivity contribution >= 4 is 11.6 Å². The van der Waals surface area contributed by atoms with E-state index in [1.54, 1.807) is 0 Å². The van der Waals surface area contributed by atoms with Crippen molar-refractivity contribution < 1.29 is 0 Å². The highest BCUT2D eigenvalue weighted by Gasteiger charge is 2.08. The highest BCUT2D eigenvalue weighted by molar-refractivity contribution is 6.30. The summed E-state index contributed by atoms with van der Waals surface area (Å²) < 4.78 is 0. The van der Waals surface area contributed by atoms with E-state index in [2.05, 4.69) is 19.9 Å². The quantitative estimate of drug-likeness (QED) is 0.471. The fraction of sp³-hybridized carbons (Fsp3) is 0.429. The van der Waals surface area contributed by atoms with Gasteiger partial charge in [-0.1, -0.05) is 30.2 Å². The lowest BCUT2D eigenvalue weighted by Crippen LogP contribution is -1.80. The fourth-order valence-electron chi connectivity index (χ4n) is 0.871. The SMILES string of the molecule is CC1=CC(C)C(Cl)=C1. The molecule has 0 aromatic heterocycles. The first-order valence-corrected chi connectivity index (χ1v) is 3.13. The van der Waals surface area contributed by atoms with E-state index in [0.717, 1.165) is 5.03 Å². The Labute approximate surface area is 54.8 Å². The van der Waals surface area contributed by atoms with Crippen LogP contribution < -0.4 is 0 Å². The molecule has 0 nitrogen and oxygen atoms in total. The standard InChI is InChI=1S/C7H9Cl/c1-5-3-6(2)7(8)4-5/h3-4,6H,1-2H3. The van der Waals surface area contributed by atoms with Gasteiger partial charge in [-0.15, -0.1) is 0 Å². The summed E-state index contributed by atoms with van der Waals surface area (Å²) in [5.74, 6) is 0.455. The second-order valence-electron chi connectivity index (χ2n) is 2.23. The van der Waals surface area contributed by atoms with Gasteiger partial charge >= 0.3 is 0 Å². The lowest BCUT2D eigenvalue weighted by Gasteiger charge is -1.93. The van der Waals surface area contributed by atoms with Crippen LogP contribution in [0.4, 0.5) is 0 Å². The lowest BCUT2D eigenvalue weighted by molar-refractivity contribution is 0.934. The molecule has 8 heavy (non-hydrogen) atoms. The number of allylic oxidation sites excluding steroid dienone is 4. The predicted molar refractivity (Wildman–Crippen MR) is 36.9 cm³/mol. The molecular weight excluding hydrogens is 120 g/mol. The minimum absolute atomic E-state index is 0.455. The molecular formula is C7H9Cl. The second kappa shape index (κ2) is 1.94. The molecule has 0 N–H and O–H groups in total. The van der Waals surface area contributed by atoms with Crippen molar-refractivity contribution in [1.29, 1.82) is 0 Å². The van der Waals surface area contributed by atoms with Crippen LogP contribution in [-0.2, 0) is 0 Å². The van der Waals surface area contributed by atoms with E-state index in [4.69, 9.17) is 11.6 Å². The highest BCUT2D eigenvalue weighted by Crippen LogP contribution is 2.25. The Morgan fingerprint density at radius 1 is 1.62 bits per heavy atom. The van der Waals surface area contributed by atoms with Crippen LogP contribution in [0.15, 0.2) is 22.8 Å². The topological polar surface area (TPSA) is 0 Å². The number of rotatable bonds is 0. The van der Waals surface area contributed by atoms with Crippen LogP contribution in [0, 0.1) is 5.92 Å². The van der Waals surface area contributed by atoms with Gasteiger partial charge in [0.2, 0.25) is 0 Å². The Morgan fingerprint density at radius 3 is 2.38 bits per heavy atom. The van der Waals surface area contributed by atoms with E-state index in [-0.39, 0.29) is 0 Å². The minimum Gasteiger partial charge on any atom is -0.0885 e. The van der Waals surface area contributed by atoms with Gasteiger partial charge in [-0.05, 0) is 13.0 Å². The molecule has 1 heteroatoms. The zero-order chi connectivity index (χ0) is 6.15. The summed E-state index contributed by atoms with van der Waals surface area (Å²) in [7, 11) is 0. The van der Waals surface area contributed by atoms with Gasteiger partial charge in [0.15, 0.2) is 0 Å². The maximum atomic E-state index is 5.77. The molecule has 1 unspecified atom stereocenters. The van der Waals surface area contributed by atoms with E-state index in [1.165, 1.54) is 5.57 Å². The first-order chi connectivity index (χ1) is 3.70. The van der Waals surface area contributed by atoms with Crippen LogP contribution >= 0.6 is 11.6 Å². The third-order valence-electron chi connectivity index (χ3n) is 1.31. The summed E-state index contributed by atoms with van der Waals surface area (Å²) in [6.45, 7) is 4.15. The first kappa shape index (κ1) is 5.90. The van der Waals surface area contributed by atoms with Crippen molar-refractivity contribution in [2.45, 2.75) is 13.8 Å². The molecule has 0 spiro atoms. The Hall–Kier alpha value is -0.230. The normalized spacial score (nSPS) is 27.6. The monoisotopic (exact) mass is 128 g/mol. The van der Waals surface area contributed by atoms with Crippen LogP contribution in [0.2, 0.25) is 0 Å². The second-order valence-corrected chi connectivity index (χ2v) is 2.67. The van der Waals surface area contributed by atoms with Crippen molar-refractivity contribution in [3.63, 3.8) is 0 Å². The van der Waals surface area contributed by atoms with E-state index in [0.29, 0.717) is 5.92 Å². The third kappa shape index (κ3) is 0.948. The van der Waals surface area contributed by atoms with E-state index in [9.17, 15) is 0 Å². The van der Waals surface area contributed by atoms with Gasteiger partial charge in [-0.25, -0.2) is 0 Å². The van der Waals surface area contributed by atoms with Crippen LogP contribution in [-0.4, -0.2) is 0 Å². The average molecular weight is 129 g/mol. The third-order valence-corrected chi connectivity index (χ3v) is 1.77. The number of hydrogen-bond acceptors (Lipinski definition) is 0.